The predicted octanol–water partition coefficient (Wildman–Crippen LogP) is 8.41. The Hall–Kier alpha value is -3.68. The van der Waals surface area contributed by atoms with E-state index in [0.717, 1.165) is 60.3 Å². The minimum Gasteiger partial charge on any atom is -0.482 e. The van der Waals surface area contributed by atoms with Crippen LogP contribution in [0.4, 0.5) is 0 Å². The maximum Gasteiger partial charge on any atom is 0.341 e. The van der Waals surface area contributed by atoms with Gasteiger partial charge >= 0.3 is 11.9 Å². The second-order valence-electron chi connectivity index (χ2n) is 11.3. The van der Waals surface area contributed by atoms with Crippen molar-refractivity contribution in [2.24, 2.45) is 0 Å². The smallest absolute Gasteiger partial charge is 0.341 e. The Morgan fingerprint density at radius 2 is 1.27 bits per heavy atom. The molecule has 1 aliphatic carbocycles. The Morgan fingerprint density at radius 3 is 1.80 bits per heavy atom. The summed E-state index contributed by atoms with van der Waals surface area (Å²) in [5, 5.41) is 17.9. The van der Waals surface area contributed by atoms with Gasteiger partial charge in [0.1, 0.15) is 5.75 Å². The van der Waals surface area contributed by atoms with Crippen LogP contribution in [0, 0.1) is 13.8 Å². The Balaban J connectivity index is 1.07. The number of hydrogen-bond acceptors (Lipinski definition) is 5. The zero-order valence-electron chi connectivity index (χ0n) is 25.2. The van der Waals surface area contributed by atoms with Crippen LogP contribution in [0.15, 0.2) is 82.6 Å². The molecular weight excluding hydrogens is 589 g/mol. The van der Waals surface area contributed by atoms with Gasteiger partial charge in [0.2, 0.25) is 0 Å². The first-order chi connectivity index (χ1) is 21.2. The van der Waals surface area contributed by atoms with Crippen LogP contribution < -0.4 is 4.74 Å². The molecule has 0 spiro atoms. The number of thioether (sulfide) groups is 2. The number of rotatable bonds is 15. The van der Waals surface area contributed by atoms with Crippen molar-refractivity contribution in [3.05, 3.63) is 112 Å². The molecule has 0 radical (unpaired) electrons. The summed E-state index contributed by atoms with van der Waals surface area (Å²) >= 11 is 3.66. The molecule has 0 heterocycles. The van der Waals surface area contributed by atoms with Gasteiger partial charge in [-0.3, -0.25) is 4.79 Å². The van der Waals surface area contributed by atoms with E-state index in [1.807, 2.05) is 61.6 Å². The van der Waals surface area contributed by atoms with Gasteiger partial charge in [0.15, 0.2) is 6.61 Å². The molecule has 5 nitrogen and oxygen atoms in total. The van der Waals surface area contributed by atoms with E-state index in [4.69, 9.17) is 14.9 Å². The first kappa shape index (κ1) is 31.7. The predicted molar refractivity (Wildman–Crippen MR) is 180 cm³/mol. The Bertz CT molecular complexity index is 1660. The third-order valence-electron chi connectivity index (χ3n) is 7.92. The first-order valence-corrected chi connectivity index (χ1v) is 17.0. The highest BCUT2D eigenvalue weighted by molar-refractivity contribution is 7.99. The van der Waals surface area contributed by atoms with E-state index in [0.29, 0.717) is 5.75 Å². The SMILES string of the molecule is Cc1cc(SCCCc2ccc3c(c2)Cc2cc(CCCSc4ccc(OCC(=O)O)c(C)c4)ccc2-3)ccc1CC(=O)O. The van der Waals surface area contributed by atoms with Gasteiger partial charge in [0, 0.05) is 9.79 Å². The molecule has 228 valence electrons. The molecule has 0 atom stereocenters. The number of carboxylic acid groups (broad SMARTS) is 2. The zero-order chi connectivity index (χ0) is 31.1. The van der Waals surface area contributed by atoms with E-state index in [1.165, 1.54) is 43.2 Å². The minimum absolute atomic E-state index is 0.0756. The first-order valence-electron chi connectivity index (χ1n) is 15.0. The maximum atomic E-state index is 11.0. The van der Waals surface area contributed by atoms with E-state index >= 15 is 0 Å². The molecule has 0 unspecified atom stereocenters. The fourth-order valence-corrected chi connectivity index (χ4v) is 7.59. The van der Waals surface area contributed by atoms with Crippen LogP contribution in [0.5, 0.6) is 5.75 Å². The molecular formula is C37H38O5S2. The quantitative estimate of drug-likeness (QED) is 0.0892. The summed E-state index contributed by atoms with van der Waals surface area (Å²) in [6.45, 7) is 3.61. The standard InChI is InChI=1S/C37H38O5S2/c1-24-17-31(10-9-28(24)22-36(38)39)43-15-3-5-26-7-12-33-29(19-26)21-30-20-27(8-13-34(30)33)6-4-16-44-32-11-14-35(25(2)18-32)42-23-37(40)41/h7-14,17-20H,3-6,15-16,21-23H2,1-2H3,(H,38,39)(H,40,41). The number of benzene rings is 4. The number of ether oxygens (including phenoxy) is 1. The van der Waals surface area contributed by atoms with Gasteiger partial charge < -0.3 is 14.9 Å². The van der Waals surface area contributed by atoms with Crippen molar-refractivity contribution in [2.75, 3.05) is 18.1 Å². The van der Waals surface area contributed by atoms with Crippen LogP contribution >= 0.6 is 23.5 Å². The summed E-state index contributed by atoms with van der Waals surface area (Å²) < 4.78 is 5.33. The molecule has 7 heteroatoms. The Kier molecular flexibility index (Phi) is 10.7. The summed E-state index contributed by atoms with van der Waals surface area (Å²) in [4.78, 5) is 24.1. The molecule has 0 aromatic heterocycles. The van der Waals surface area contributed by atoms with E-state index in [9.17, 15) is 9.59 Å². The van der Waals surface area contributed by atoms with E-state index in [1.54, 1.807) is 0 Å². The topological polar surface area (TPSA) is 83.8 Å². The lowest BCUT2D eigenvalue weighted by Crippen LogP contribution is -2.09. The fraction of sp³-hybridized carbons (Fsp3) is 0.297. The van der Waals surface area contributed by atoms with Crippen molar-refractivity contribution in [1.29, 1.82) is 0 Å². The summed E-state index contributed by atoms with van der Waals surface area (Å²) in [6.07, 6.45) is 5.34. The highest BCUT2D eigenvalue weighted by atomic mass is 32.2. The average Bonchev–Trinajstić information content (AvgIpc) is 3.35. The molecule has 1 aliphatic rings. The van der Waals surface area contributed by atoms with Gasteiger partial charge in [-0.15, -0.1) is 23.5 Å². The molecule has 0 fully saturated rings. The van der Waals surface area contributed by atoms with E-state index < -0.39 is 11.9 Å². The van der Waals surface area contributed by atoms with Crippen LogP contribution in [0.3, 0.4) is 0 Å². The summed E-state index contributed by atoms with van der Waals surface area (Å²) in [5.41, 5.74) is 11.2. The number of hydrogen-bond donors (Lipinski definition) is 2. The molecule has 0 aliphatic heterocycles. The van der Waals surface area contributed by atoms with Crippen LogP contribution in [0.2, 0.25) is 0 Å². The summed E-state index contributed by atoms with van der Waals surface area (Å²) in [6, 6.07) is 25.9. The van der Waals surface area contributed by atoms with Crippen molar-refractivity contribution in [1.82, 2.24) is 0 Å². The molecule has 0 amide bonds. The Morgan fingerprint density at radius 1 is 0.705 bits per heavy atom. The largest absolute Gasteiger partial charge is 0.482 e. The number of fused-ring (bicyclic) bond motifs is 3. The second kappa shape index (κ2) is 14.9. The zero-order valence-corrected chi connectivity index (χ0v) is 26.9. The molecule has 0 saturated heterocycles. The molecule has 44 heavy (non-hydrogen) atoms. The number of aryl methyl sites for hydroxylation is 4. The third kappa shape index (κ3) is 8.48. The third-order valence-corrected chi connectivity index (χ3v) is 10.1. The monoisotopic (exact) mass is 626 g/mol. The lowest BCUT2D eigenvalue weighted by molar-refractivity contribution is -0.139. The average molecular weight is 627 g/mol. The lowest BCUT2D eigenvalue weighted by atomic mass is 10.0. The maximum absolute atomic E-state index is 11.0. The lowest BCUT2D eigenvalue weighted by Gasteiger charge is -2.09. The number of carbonyl (C=O) groups is 2. The van der Waals surface area contributed by atoms with Gasteiger partial charge in [-0.1, -0.05) is 42.5 Å². The highest BCUT2D eigenvalue weighted by Gasteiger charge is 2.19. The van der Waals surface area contributed by atoms with Gasteiger partial charge in [0.25, 0.3) is 0 Å². The molecule has 2 N–H and O–H groups in total. The van der Waals surface area contributed by atoms with Crippen LogP contribution in [-0.4, -0.2) is 40.3 Å². The van der Waals surface area contributed by atoms with E-state index in [-0.39, 0.29) is 13.0 Å². The van der Waals surface area contributed by atoms with Gasteiger partial charge in [-0.25, -0.2) is 4.79 Å². The number of aliphatic carboxylic acids is 2. The number of carboxylic acids is 2. The van der Waals surface area contributed by atoms with Crippen molar-refractivity contribution in [3.8, 4) is 16.9 Å². The van der Waals surface area contributed by atoms with Crippen LogP contribution in [0.25, 0.3) is 11.1 Å². The molecule has 4 aromatic rings. The van der Waals surface area contributed by atoms with Crippen molar-refractivity contribution < 1.29 is 24.5 Å². The molecule has 0 bridgehead atoms. The van der Waals surface area contributed by atoms with Crippen LogP contribution in [0.1, 0.15) is 51.8 Å². The van der Waals surface area contributed by atoms with E-state index in [2.05, 4.69) is 48.5 Å². The molecule has 0 saturated carbocycles. The summed E-state index contributed by atoms with van der Waals surface area (Å²) in [7, 11) is 0. The van der Waals surface area contributed by atoms with Crippen molar-refractivity contribution in [2.45, 2.75) is 62.2 Å². The Labute approximate surface area is 268 Å². The second-order valence-corrected chi connectivity index (χ2v) is 13.7. The molecule has 4 aromatic carbocycles. The van der Waals surface area contributed by atoms with Gasteiger partial charge in [0.05, 0.1) is 6.42 Å². The van der Waals surface area contributed by atoms with Gasteiger partial charge in [-0.05, 0) is 138 Å². The normalized spacial score (nSPS) is 11.7. The van der Waals surface area contributed by atoms with Crippen molar-refractivity contribution in [3.63, 3.8) is 0 Å². The molecule has 5 rings (SSSR count). The van der Waals surface area contributed by atoms with Crippen molar-refractivity contribution >= 4 is 35.5 Å². The fourth-order valence-electron chi connectivity index (χ4n) is 5.69. The minimum atomic E-state index is -0.971. The summed E-state index contributed by atoms with van der Waals surface area (Å²) in [5.74, 6) is 0.906. The van der Waals surface area contributed by atoms with Crippen LogP contribution in [-0.2, 0) is 35.3 Å². The highest BCUT2D eigenvalue weighted by Crippen LogP contribution is 2.38. The van der Waals surface area contributed by atoms with Gasteiger partial charge in [-0.2, -0.15) is 0 Å².